The third-order valence-corrected chi connectivity index (χ3v) is 3.39. The van der Waals surface area contributed by atoms with E-state index in [-0.39, 0.29) is 0 Å². The van der Waals surface area contributed by atoms with Crippen LogP contribution in [-0.2, 0) is 6.54 Å². The summed E-state index contributed by atoms with van der Waals surface area (Å²) in [6.07, 6.45) is 1.16. The van der Waals surface area contributed by atoms with Gasteiger partial charge in [-0.2, -0.15) is 0 Å². The average Bonchev–Trinajstić information content (AvgIpc) is 2.46. The zero-order valence-corrected chi connectivity index (χ0v) is 12.7. The number of hydrogen-bond acceptors (Lipinski definition) is 4. The highest BCUT2D eigenvalue weighted by Crippen LogP contribution is 2.24. The van der Waals surface area contributed by atoms with Gasteiger partial charge >= 0.3 is 0 Å². The van der Waals surface area contributed by atoms with Gasteiger partial charge in [-0.1, -0.05) is 6.92 Å². The first-order valence-electron chi connectivity index (χ1n) is 7.02. The van der Waals surface area contributed by atoms with E-state index < -0.39 is 0 Å². The van der Waals surface area contributed by atoms with E-state index in [9.17, 15) is 0 Å². The van der Waals surface area contributed by atoms with Crippen molar-refractivity contribution in [3.8, 4) is 5.75 Å². The van der Waals surface area contributed by atoms with Crippen molar-refractivity contribution >= 4 is 16.7 Å². The minimum atomic E-state index is 0.836. The average molecular weight is 273 g/mol. The van der Waals surface area contributed by atoms with E-state index in [1.165, 1.54) is 5.56 Å². The Bertz CT molecular complexity index is 583. The number of hydrogen-bond donors (Lipinski definition) is 1. The van der Waals surface area contributed by atoms with Gasteiger partial charge in [0.25, 0.3) is 0 Å². The number of rotatable bonds is 6. The molecular formula is C16H23N3O. The maximum Gasteiger partial charge on any atom is 0.130 e. The maximum absolute atomic E-state index is 5.25. The summed E-state index contributed by atoms with van der Waals surface area (Å²) in [5.41, 5.74) is 2.18. The van der Waals surface area contributed by atoms with Crippen molar-refractivity contribution in [1.29, 1.82) is 0 Å². The van der Waals surface area contributed by atoms with Gasteiger partial charge in [-0.3, -0.25) is 0 Å². The molecule has 1 aromatic heterocycles. The molecule has 0 aliphatic carbocycles. The summed E-state index contributed by atoms with van der Waals surface area (Å²) in [6.45, 7) is 4.18. The third-order valence-electron chi connectivity index (χ3n) is 3.39. The summed E-state index contributed by atoms with van der Waals surface area (Å²) in [4.78, 5) is 7.01. The standard InChI is InChI=1S/C16H23N3O/c1-5-8-19(3)11-13-9-12-6-7-14(20-4)10-15(12)18-16(13)17-2/h6-7,9-10H,5,8,11H2,1-4H3,(H,17,18). The summed E-state index contributed by atoms with van der Waals surface area (Å²) in [6, 6.07) is 8.21. The van der Waals surface area contributed by atoms with Crippen molar-refractivity contribution in [3.05, 3.63) is 29.8 Å². The highest BCUT2D eigenvalue weighted by atomic mass is 16.5. The number of methoxy groups -OCH3 is 1. The minimum Gasteiger partial charge on any atom is -0.497 e. The van der Waals surface area contributed by atoms with E-state index in [0.717, 1.165) is 42.0 Å². The van der Waals surface area contributed by atoms with E-state index in [2.05, 4.69) is 36.3 Å². The van der Waals surface area contributed by atoms with Crippen molar-refractivity contribution in [2.24, 2.45) is 0 Å². The number of nitrogens with zero attached hydrogens (tertiary/aromatic N) is 2. The van der Waals surface area contributed by atoms with Crippen molar-refractivity contribution < 1.29 is 4.74 Å². The van der Waals surface area contributed by atoms with Gasteiger partial charge in [0.1, 0.15) is 11.6 Å². The topological polar surface area (TPSA) is 37.4 Å². The maximum atomic E-state index is 5.25. The number of pyridine rings is 1. The molecule has 0 unspecified atom stereocenters. The van der Waals surface area contributed by atoms with Gasteiger partial charge < -0.3 is 15.0 Å². The molecule has 4 heteroatoms. The van der Waals surface area contributed by atoms with E-state index in [0.29, 0.717) is 0 Å². The Morgan fingerprint density at radius 2 is 2.10 bits per heavy atom. The quantitative estimate of drug-likeness (QED) is 0.877. The Hall–Kier alpha value is -1.81. The fourth-order valence-electron chi connectivity index (χ4n) is 2.41. The normalized spacial score (nSPS) is 11.1. The molecule has 0 aliphatic rings. The lowest BCUT2D eigenvalue weighted by molar-refractivity contribution is 0.328. The lowest BCUT2D eigenvalue weighted by Gasteiger charge is -2.18. The van der Waals surface area contributed by atoms with Crippen LogP contribution in [0, 0.1) is 0 Å². The monoisotopic (exact) mass is 273 g/mol. The minimum absolute atomic E-state index is 0.836. The summed E-state index contributed by atoms with van der Waals surface area (Å²) < 4.78 is 5.25. The molecule has 2 aromatic rings. The lowest BCUT2D eigenvalue weighted by atomic mass is 10.1. The van der Waals surface area contributed by atoms with E-state index in [4.69, 9.17) is 9.72 Å². The van der Waals surface area contributed by atoms with Crippen molar-refractivity contribution in [2.45, 2.75) is 19.9 Å². The van der Waals surface area contributed by atoms with Crippen LogP contribution in [0.5, 0.6) is 5.75 Å². The van der Waals surface area contributed by atoms with Crippen molar-refractivity contribution in [2.75, 3.05) is 33.1 Å². The van der Waals surface area contributed by atoms with Crippen LogP contribution < -0.4 is 10.1 Å². The Balaban J connectivity index is 2.39. The van der Waals surface area contributed by atoms with Crippen LogP contribution >= 0.6 is 0 Å². The number of aromatic nitrogens is 1. The molecule has 0 bridgehead atoms. The van der Waals surface area contributed by atoms with Crippen LogP contribution in [0.4, 0.5) is 5.82 Å². The van der Waals surface area contributed by atoms with Gasteiger partial charge in [0.05, 0.1) is 12.6 Å². The van der Waals surface area contributed by atoms with E-state index >= 15 is 0 Å². The molecule has 0 radical (unpaired) electrons. The molecule has 1 N–H and O–H groups in total. The molecule has 20 heavy (non-hydrogen) atoms. The molecule has 1 aromatic carbocycles. The first-order valence-corrected chi connectivity index (χ1v) is 7.02. The summed E-state index contributed by atoms with van der Waals surface area (Å²) >= 11 is 0. The third kappa shape index (κ3) is 3.20. The number of nitrogens with one attached hydrogen (secondary N) is 1. The number of fused-ring (bicyclic) bond motifs is 1. The number of anilines is 1. The van der Waals surface area contributed by atoms with Gasteiger partial charge in [0, 0.05) is 30.6 Å². The smallest absolute Gasteiger partial charge is 0.130 e. The van der Waals surface area contributed by atoms with Gasteiger partial charge in [0.2, 0.25) is 0 Å². The van der Waals surface area contributed by atoms with E-state index in [1.807, 2.05) is 19.2 Å². The molecule has 0 saturated heterocycles. The molecule has 4 nitrogen and oxygen atoms in total. The zero-order valence-electron chi connectivity index (χ0n) is 12.7. The Labute approximate surface area is 120 Å². The van der Waals surface area contributed by atoms with E-state index in [1.54, 1.807) is 7.11 Å². The highest BCUT2D eigenvalue weighted by molar-refractivity contribution is 5.83. The molecule has 0 aliphatic heterocycles. The summed E-state index contributed by atoms with van der Waals surface area (Å²) in [5.74, 6) is 1.77. The molecule has 2 rings (SSSR count). The summed E-state index contributed by atoms with van der Waals surface area (Å²) in [5, 5.41) is 4.34. The molecule has 0 spiro atoms. The van der Waals surface area contributed by atoms with Crippen LogP contribution in [0.25, 0.3) is 10.9 Å². The second kappa shape index (κ2) is 6.57. The predicted molar refractivity (Wildman–Crippen MR) is 84.5 cm³/mol. The molecule has 0 fully saturated rings. The zero-order chi connectivity index (χ0) is 14.5. The Kier molecular flexibility index (Phi) is 4.79. The number of ether oxygens (including phenoxy) is 1. The van der Waals surface area contributed by atoms with Crippen LogP contribution in [0.2, 0.25) is 0 Å². The van der Waals surface area contributed by atoms with Crippen LogP contribution in [0.1, 0.15) is 18.9 Å². The fourth-order valence-corrected chi connectivity index (χ4v) is 2.41. The highest BCUT2D eigenvalue weighted by Gasteiger charge is 2.09. The largest absolute Gasteiger partial charge is 0.497 e. The van der Waals surface area contributed by atoms with Crippen LogP contribution in [-0.4, -0.2) is 37.6 Å². The SMILES string of the molecule is CCCN(C)Cc1cc2ccc(OC)cc2nc1NC. The Morgan fingerprint density at radius 1 is 1.30 bits per heavy atom. The predicted octanol–water partition coefficient (Wildman–Crippen LogP) is 3.13. The summed E-state index contributed by atoms with van der Waals surface area (Å²) in [7, 11) is 5.73. The second-order valence-electron chi connectivity index (χ2n) is 5.04. The van der Waals surface area contributed by atoms with Gasteiger partial charge in [-0.25, -0.2) is 4.98 Å². The van der Waals surface area contributed by atoms with Gasteiger partial charge in [0.15, 0.2) is 0 Å². The first kappa shape index (κ1) is 14.6. The van der Waals surface area contributed by atoms with Crippen LogP contribution in [0.3, 0.4) is 0 Å². The second-order valence-corrected chi connectivity index (χ2v) is 5.04. The lowest BCUT2D eigenvalue weighted by Crippen LogP contribution is -2.19. The van der Waals surface area contributed by atoms with Crippen molar-refractivity contribution in [3.63, 3.8) is 0 Å². The van der Waals surface area contributed by atoms with Gasteiger partial charge in [-0.05, 0) is 38.2 Å². The van der Waals surface area contributed by atoms with Crippen LogP contribution in [0.15, 0.2) is 24.3 Å². The van der Waals surface area contributed by atoms with Crippen molar-refractivity contribution in [1.82, 2.24) is 9.88 Å². The molecule has 0 amide bonds. The Morgan fingerprint density at radius 3 is 2.75 bits per heavy atom. The molecule has 108 valence electrons. The molecule has 0 atom stereocenters. The number of benzene rings is 1. The fraction of sp³-hybridized carbons (Fsp3) is 0.438. The first-order chi connectivity index (χ1) is 9.67. The molecule has 0 saturated carbocycles. The van der Waals surface area contributed by atoms with Gasteiger partial charge in [-0.15, -0.1) is 0 Å². The molecule has 1 heterocycles. The molecular weight excluding hydrogens is 250 g/mol.